The van der Waals surface area contributed by atoms with E-state index in [-0.39, 0.29) is 29.9 Å². The van der Waals surface area contributed by atoms with Gasteiger partial charge in [-0.05, 0) is 31.2 Å². The average molecular weight is 281 g/mol. The zero-order chi connectivity index (χ0) is 14.7. The van der Waals surface area contributed by atoms with Crippen molar-refractivity contribution in [2.24, 2.45) is 0 Å². The van der Waals surface area contributed by atoms with Crippen molar-refractivity contribution in [2.75, 3.05) is 27.3 Å². The molecule has 1 aromatic carbocycles. The minimum atomic E-state index is -0.339. The van der Waals surface area contributed by atoms with Crippen molar-refractivity contribution in [1.82, 2.24) is 4.90 Å². The highest BCUT2D eigenvalue weighted by Gasteiger charge is 2.37. The Kier molecular flexibility index (Phi) is 4.86. The number of ketones is 1. The van der Waals surface area contributed by atoms with E-state index in [1.165, 1.54) is 24.3 Å². The molecule has 0 radical (unpaired) electrons. The molecule has 1 fully saturated rings. The Bertz CT molecular complexity index is 451. The zero-order valence-corrected chi connectivity index (χ0v) is 12.0. The van der Waals surface area contributed by atoms with Crippen LogP contribution in [-0.2, 0) is 9.47 Å². The van der Waals surface area contributed by atoms with E-state index >= 15 is 0 Å². The number of hydrogen-bond donors (Lipinski definition) is 0. The van der Waals surface area contributed by atoms with Gasteiger partial charge in [-0.2, -0.15) is 0 Å². The van der Waals surface area contributed by atoms with Gasteiger partial charge in [0.05, 0.1) is 18.2 Å². The summed E-state index contributed by atoms with van der Waals surface area (Å²) in [5.41, 5.74) is 0.522. The number of benzene rings is 1. The molecule has 0 spiro atoms. The SMILES string of the molecule is COC1CN(C(C)C(=O)c2ccc(F)cc2)CC1OC. The van der Waals surface area contributed by atoms with Crippen LogP contribution in [0.3, 0.4) is 0 Å². The summed E-state index contributed by atoms with van der Waals surface area (Å²) < 4.78 is 23.6. The second kappa shape index (κ2) is 6.43. The van der Waals surface area contributed by atoms with Crippen LogP contribution in [0.4, 0.5) is 4.39 Å². The topological polar surface area (TPSA) is 38.8 Å². The number of ether oxygens (including phenoxy) is 2. The summed E-state index contributed by atoms with van der Waals surface area (Å²) in [6.07, 6.45) is -0.0491. The molecule has 0 bridgehead atoms. The summed E-state index contributed by atoms with van der Waals surface area (Å²) in [5, 5.41) is 0. The maximum Gasteiger partial charge on any atom is 0.179 e. The molecule has 0 saturated carbocycles. The first kappa shape index (κ1) is 15.1. The first-order valence-corrected chi connectivity index (χ1v) is 6.66. The molecule has 1 aromatic rings. The average Bonchev–Trinajstić information content (AvgIpc) is 2.89. The number of methoxy groups -OCH3 is 2. The molecular formula is C15H20FNO3. The van der Waals surface area contributed by atoms with Gasteiger partial charge in [0.25, 0.3) is 0 Å². The quantitative estimate of drug-likeness (QED) is 0.771. The Morgan fingerprint density at radius 2 is 1.70 bits per heavy atom. The largest absolute Gasteiger partial charge is 0.377 e. The van der Waals surface area contributed by atoms with Gasteiger partial charge in [-0.3, -0.25) is 9.69 Å². The van der Waals surface area contributed by atoms with Crippen molar-refractivity contribution in [1.29, 1.82) is 0 Å². The standard InChI is InChI=1S/C15H20FNO3/c1-10(15(18)11-4-6-12(16)7-5-11)17-8-13(19-2)14(9-17)20-3/h4-7,10,13-14H,8-9H2,1-3H3. The Morgan fingerprint density at radius 1 is 1.20 bits per heavy atom. The van der Waals surface area contributed by atoms with E-state index in [2.05, 4.69) is 0 Å². The number of carbonyl (C=O) groups excluding carboxylic acids is 1. The monoisotopic (exact) mass is 281 g/mol. The van der Waals surface area contributed by atoms with Crippen molar-refractivity contribution in [3.05, 3.63) is 35.6 Å². The number of halogens is 1. The second-order valence-corrected chi connectivity index (χ2v) is 5.05. The fraction of sp³-hybridized carbons (Fsp3) is 0.533. The molecule has 0 N–H and O–H groups in total. The van der Waals surface area contributed by atoms with Gasteiger partial charge in [-0.1, -0.05) is 0 Å². The summed E-state index contributed by atoms with van der Waals surface area (Å²) in [7, 11) is 3.29. The lowest BCUT2D eigenvalue weighted by Gasteiger charge is -2.22. The molecule has 1 saturated heterocycles. The van der Waals surface area contributed by atoms with Gasteiger partial charge in [0, 0.05) is 32.9 Å². The molecule has 110 valence electrons. The maximum atomic E-state index is 12.9. The van der Waals surface area contributed by atoms with Crippen LogP contribution in [-0.4, -0.2) is 56.2 Å². The third kappa shape index (κ3) is 3.06. The highest BCUT2D eigenvalue weighted by molar-refractivity contribution is 5.99. The van der Waals surface area contributed by atoms with E-state index in [4.69, 9.17) is 9.47 Å². The maximum absolute atomic E-state index is 12.9. The minimum Gasteiger partial charge on any atom is -0.377 e. The number of likely N-dealkylation sites (tertiary alicyclic amines) is 1. The van der Waals surface area contributed by atoms with Gasteiger partial charge in [0.2, 0.25) is 0 Å². The molecule has 1 aliphatic heterocycles. The van der Waals surface area contributed by atoms with Gasteiger partial charge >= 0.3 is 0 Å². The highest BCUT2D eigenvalue weighted by atomic mass is 19.1. The third-order valence-electron chi connectivity index (χ3n) is 3.90. The fourth-order valence-electron chi connectivity index (χ4n) is 2.56. The van der Waals surface area contributed by atoms with E-state index in [1.54, 1.807) is 14.2 Å². The van der Waals surface area contributed by atoms with Crippen molar-refractivity contribution >= 4 is 5.78 Å². The second-order valence-electron chi connectivity index (χ2n) is 5.05. The van der Waals surface area contributed by atoms with Gasteiger partial charge < -0.3 is 9.47 Å². The Balaban J connectivity index is 2.06. The predicted octanol–water partition coefficient (Wildman–Crippen LogP) is 1.74. The molecule has 20 heavy (non-hydrogen) atoms. The van der Waals surface area contributed by atoms with E-state index in [0.717, 1.165) is 0 Å². The van der Waals surface area contributed by atoms with E-state index in [1.807, 2.05) is 11.8 Å². The predicted molar refractivity (Wildman–Crippen MR) is 73.4 cm³/mol. The van der Waals surface area contributed by atoms with Crippen LogP contribution in [0.2, 0.25) is 0 Å². The normalized spacial score (nSPS) is 24.8. The molecule has 1 aliphatic rings. The number of hydrogen-bond acceptors (Lipinski definition) is 4. The third-order valence-corrected chi connectivity index (χ3v) is 3.90. The molecule has 0 aliphatic carbocycles. The molecule has 5 heteroatoms. The number of Topliss-reactive ketones (excluding diaryl/α,β-unsaturated/α-hetero) is 1. The van der Waals surface area contributed by atoms with Crippen molar-refractivity contribution in [3.63, 3.8) is 0 Å². The van der Waals surface area contributed by atoms with Crippen LogP contribution < -0.4 is 0 Å². The van der Waals surface area contributed by atoms with E-state index in [9.17, 15) is 9.18 Å². The number of carbonyl (C=O) groups is 1. The Morgan fingerprint density at radius 3 is 2.15 bits per heavy atom. The molecule has 4 nitrogen and oxygen atoms in total. The van der Waals surface area contributed by atoms with Gasteiger partial charge in [-0.15, -0.1) is 0 Å². The number of nitrogens with zero attached hydrogens (tertiary/aromatic N) is 1. The summed E-state index contributed by atoms with van der Waals surface area (Å²) in [5.74, 6) is -0.356. The minimum absolute atomic E-state index is 0.0170. The van der Waals surface area contributed by atoms with Crippen LogP contribution in [0.5, 0.6) is 0 Å². The fourth-order valence-corrected chi connectivity index (χ4v) is 2.56. The summed E-state index contributed by atoms with van der Waals surface area (Å²) >= 11 is 0. The smallest absolute Gasteiger partial charge is 0.179 e. The Labute approximate surface area is 118 Å². The van der Waals surface area contributed by atoms with Crippen LogP contribution in [0.1, 0.15) is 17.3 Å². The summed E-state index contributed by atoms with van der Waals surface area (Å²) in [4.78, 5) is 14.4. The molecule has 3 atom stereocenters. The molecule has 2 rings (SSSR count). The van der Waals surface area contributed by atoms with E-state index < -0.39 is 0 Å². The van der Waals surface area contributed by atoms with Crippen LogP contribution >= 0.6 is 0 Å². The molecule has 0 aromatic heterocycles. The first-order chi connectivity index (χ1) is 9.56. The lowest BCUT2D eigenvalue weighted by atomic mass is 10.0. The molecular weight excluding hydrogens is 261 g/mol. The van der Waals surface area contributed by atoms with Crippen LogP contribution in [0.15, 0.2) is 24.3 Å². The lowest BCUT2D eigenvalue weighted by Crippen LogP contribution is -2.38. The van der Waals surface area contributed by atoms with Crippen LogP contribution in [0, 0.1) is 5.82 Å². The Hall–Kier alpha value is -1.30. The van der Waals surface area contributed by atoms with Crippen molar-refractivity contribution < 1.29 is 18.7 Å². The summed E-state index contributed by atoms with van der Waals surface area (Å²) in [6, 6.07) is 5.37. The van der Waals surface area contributed by atoms with E-state index in [0.29, 0.717) is 18.7 Å². The molecule has 3 unspecified atom stereocenters. The lowest BCUT2D eigenvalue weighted by molar-refractivity contribution is -0.00461. The summed E-state index contributed by atoms with van der Waals surface area (Å²) in [6.45, 7) is 3.17. The van der Waals surface area contributed by atoms with Crippen molar-refractivity contribution in [3.8, 4) is 0 Å². The first-order valence-electron chi connectivity index (χ1n) is 6.66. The van der Waals surface area contributed by atoms with Crippen LogP contribution in [0.25, 0.3) is 0 Å². The molecule has 0 amide bonds. The zero-order valence-electron chi connectivity index (χ0n) is 12.0. The van der Waals surface area contributed by atoms with Gasteiger partial charge in [0.15, 0.2) is 5.78 Å². The van der Waals surface area contributed by atoms with Gasteiger partial charge in [0.1, 0.15) is 5.82 Å². The van der Waals surface area contributed by atoms with Crippen molar-refractivity contribution in [2.45, 2.75) is 25.2 Å². The van der Waals surface area contributed by atoms with Gasteiger partial charge in [-0.25, -0.2) is 4.39 Å². The number of rotatable bonds is 5. The highest BCUT2D eigenvalue weighted by Crippen LogP contribution is 2.20. The molecule has 1 heterocycles.